The molecule has 8 nitrogen and oxygen atoms in total. The lowest BCUT2D eigenvalue weighted by Crippen LogP contribution is -2.64. The number of nitrogens with one attached hydrogen (secondary N) is 1. The Labute approximate surface area is 159 Å². The van der Waals surface area contributed by atoms with Crippen LogP contribution in [0.5, 0.6) is 0 Å². The number of rotatable bonds is 2. The minimum atomic E-state index is -0.263. The fourth-order valence-electron chi connectivity index (χ4n) is 3.74. The maximum atomic E-state index is 13.1. The van der Waals surface area contributed by atoms with Crippen molar-refractivity contribution in [1.29, 1.82) is 5.26 Å². The standard InChI is InChI=1S/C18H17N7OS/c19-11-23-3-4-24-5-6-25(17(26)15(24)10-23)18-22-14-2-1-12(7-16(14)27-18)13-8-20-21-9-13/h1-2,7-9,15H,3-6,10H2,(H,20,21)/t15-/m1/s1. The molecule has 0 saturated carbocycles. The number of aromatic amines is 1. The van der Waals surface area contributed by atoms with Gasteiger partial charge in [-0.25, -0.2) is 4.98 Å². The first-order valence-corrected chi connectivity index (χ1v) is 9.64. The van der Waals surface area contributed by atoms with E-state index in [1.165, 1.54) is 11.3 Å². The summed E-state index contributed by atoms with van der Waals surface area (Å²) in [6.07, 6.45) is 5.81. The maximum Gasteiger partial charge on any atom is 0.248 e. The quantitative estimate of drug-likeness (QED) is 0.679. The van der Waals surface area contributed by atoms with Crippen molar-refractivity contribution in [2.45, 2.75) is 6.04 Å². The Hall–Kier alpha value is -2.96. The molecule has 4 heterocycles. The molecule has 27 heavy (non-hydrogen) atoms. The molecule has 0 spiro atoms. The number of fused-ring (bicyclic) bond motifs is 2. The summed E-state index contributed by atoms with van der Waals surface area (Å²) < 4.78 is 1.04. The zero-order valence-corrected chi connectivity index (χ0v) is 15.3. The van der Waals surface area contributed by atoms with Crippen LogP contribution < -0.4 is 4.90 Å². The first-order valence-electron chi connectivity index (χ1n) is 8.83. The minimum absolute atomic E-state index is 0.0373. The number of hydrogen-bond acceptors (Lipinski definition) is 7. The van der Waals surface area contributed by atoms with Gasteiger partial charge in [0.15, 0.2) is 11.3 Å². The number of piperazine rings is 2. The molecule has 5 rings (SSSR count). The highest BCUT2D eigenvalue weighted by Gasteiger charge is 2.39. The zero-order chi connectivity index (χ0) is 18.4. The number of nitriles is 1. The molecule has 1 N–H and O–H groups in total. The maximum absolute atomic E-state index is 13.1. The fourth-order valence-corrected chi connectivity index (χ4v) is 4.77. The minimum Gasteiger partial charge on any atom is -0.307 e. The normalized spacial score (nSPS) is 20.7. The number of carbonyl (C=O) groups excluding carboxylic acids is 1. The van der Waals surface area contributed by atoms with Gasteiger partial charge in [0.1, 0.15) is 6.04 Å². The summed E-state index contributed by atoms with van der Waals surface area (Å²) in [6, 6.07) is 5.82. The number of amides is 1. The Kier molecular flexibility index (Phi) is 3.81. The average molecular weight is 379 g/mol. The Morgan fingerprint density at radius 3 is 2.93 bits per heavy atom. The van der Waals surface area contributed by atoms with Crippen molar-refractivity contribution in [3.63, 3.8) is 0 Å². The van der Waals surface area contributed by atoms with Gasteiger partial charge in [0.2, 0.25) is 5.91 Å². The highest BCUT2D eigenvalue weighted by molar-refractivity contribution is 7.22. The van der Waals surface area contributed by atoms with Gasteiger partial charge < -0.3 is 4.90 Å². The van der Waals surface area contributed by atoms with Gasteiger partial charge in [-0.1, -0.05) is 17.4 Å². The van der Waals surface area contributed by atoms with Gasteiger partial charge in [-0.3, -0.25) is 19.7 Å². The van der Waals surface area contributed by atoms with Crippen molar-refractivity contribution in [2.24, 2.45) is 0 Å². The van der Waals surface area contributed by atoms with Gasteiger partial charge in [0.25, 0.3) is 0 Å². The Balaban J connectivity index is 1.45. The van der Waals surface area contributed by atoms with Crippen LogP contribution in [0.4, 0.5) is 5.13 Å². The van der Waals surface area contributed by atoms with Crippen LogP contribution in [-0.2, 0) is 4.79 Å². The van der Waals surface area contributed by atoms with E-state index in [1.807, 2.05) is 18.3 Å². The molecule has 0 bridgehead atoms. The fraction of sp³-hybridized carbons (Fsp3) is 0.333. The van der Waals surface area contributed by atoms with E-state index in [-0.39, 0.29) is 11.9 Å². The molecular weight excluding hydrogens is 362 g/mol. The first-order chi connectivity index (χ1) is 13.2. The summed E-state index contributed by atoms with van der Waals surface area (Å²) in [5, 5.41) is 16.7. The highest BCUT2D eigenvalue weighted by atomic mass is 32.1. The van der Waals surface area contributed by atoms with Crippen LogP contribution in [0.25, 0.3) is 21.3 Å². The van der Waals surface area contributed by atoms with Crippen LogP contribution in [0.1, 0.15) is 0 Å². The van der Waals surface area contributed by atoms with Gasteiger partial charge in [0.05, 0.1) is 23.0 Å². The van der Waals surface area contributed by atoms with Crippen LogP contribution in [-0.4, -0.2) is 69.7 Å². The second kappa shape index (κ2) is 6.33. The second-order valence-electron chi connectivity index (χ2n) is 6.75. The van der Waals surface area contributed by atoms with Crippen molar-refractivity contribution >= 4 is 32.6 Å². The van der Waals surface area contributed by atoms with Crippen LogP contribution >= 0.6 is 11.3 Å². The van der Waals surface area contributed by atoms with Gasteiger partial charge in [-0.15, -0.1) is 0 Å². The third-order valence-corrected chi connectivity index (χ3v) is 6.28. The zero-order valence-electron chi connectivity index (χ0n) is 14.5. The molecule has 2 aliphatic rings. The summed E-state index contributed by atoms with van der Waals surface area (Å²) in [5.41, 5.74) is 2.98. The van der Waals surface area contributed by atoms with Crippen molar-refractivity contribution in [1.82, 2.24) is 25.0 Å². The summed E-state index contributed by atoms with van der Waals surface area (Å²) in [5.74, 6) is 0.0373. The molecule has 1 atom stereocenters. The van der Waals surface area contributed by atoms with E-state index in [0.29, 0.717) is 19.6 Å². The number of anilines is 1. The van der Waals surface area contributed by atoms with E-state index < -0.39 is 0 Å². The molecule has 2 aliphatic heterocycles. The predicted octanol–water partition coefficient (Wildman–Crippen LogP) is 1.50. The molecule has 0 radical (unpaired) electrons. The number of benzene rings is 1. The number of nitrogens with zero attached hydrogens (tertiary/aromatic N) is 6. The lowest BCUT2D eigenvalue weighted by molar-refractivity contribution is -0.127. The largest absolute Gasteiger partial charge is 0.307 e. The van der Waals surface area contributed by atoms with Gasteiger partial charge in [-0.05, 0) is 17.7 Å². The SMILES string of the molecule is N#CN1CCN2CCN(c3nc4ccc(-c5cn[nH]c5)cc4s3)C(=O)[C@H]2C1. The number of thiazole rings is 1. The molecule has 2 aromatic heterocycles. The van der Waals surface area contributed by atoms with E-state index in [4.69, 9.17) is 5.26 Å². The van der Waals surface area contributed by atoms with Gasteiger partial charge >= 0.3 is 0 Å². The lowest BCUT2D eigenvalue weighted by Gasteiger charge is -2.44. The first kappa shape index (κ1) is 16.2. The van der Waals surface area contributed by atoms with Crippen molar-refractivity contribution in [3.8, 4) is 17.3 Å². The van der Waals surface area contributed by atoms with Crippen LogP contribution in [0.2, 0.25) is 0 Å². The monoisotopic (exact) mass is 379 g/mol. The smallest absolute Gasteiger partial charge is 0.248 e. The summed E-state index contributed by atoms with van der Waals surface area (Å²) in [6.45, 7) is 3.35. The molecular formula is C18H17N7OS. The second-order valence-corrected chi connectivity index (χ2v) is 7.76. The molecule has 3 aromatic rings. The van der Waals surface area contributed by atoms with Crippen LogP contribution in [0.3, 0.4) is 0 Å². The van der Waals surface area contributed by atoms with Gasteiger partial charge in [0, 0.05) is 37.9 Å². The summed E-state index contributed by atoms with van der Waals surface area (Å²) >= 11 is 1.53. The number of hydrogen-bond donors (Lipinski definition) is 1. The molecule has 2 fully saturated rings. The van der Waals surface area contributed by atoms with Crippen LogP contribution in [0, 0.1) is 11.5 Å². The van der Waals surface area contributed by atoms with Crippen molar-refractivity contribution in [3.05, 3.63) is 30.6 Å². The number of H-pyrrole nitrogens is 1. The molecule has 136 valence electrons. The Morgan fingerprint density at radius 1 is 1.22 bits per heavy atom. The van der Waals surface area contributed by atoms with Gasteiger partial charge in [-0.2, -0.15) is 10.4 Å². The lowest BCUT2D eigenvalue weighted by atomic mass is 10.1. The molecule has 0 unspecified atom stereocenters. The summed E-state index contributed by atoms with van der Waals surface area (Å²) in [4.78, 5) is 23.4. The van der Waals surface area contributed by atoms with E-state index in [0.717, 1.165) is 39.6 Å². The Morgan fingerprint density at radius 2 is 2.11 bits per heavy atom. The number of aromatic nitrogens is 3. The topological polar surface area (TPSA) is 92.2 Å². The number of carbonyl (C=O) groups is 1. The Bertz CT molecular complexity index is 1040. The van der Waals surface area contributed by atoms with Crippen molar-refractivity contribution in [2.75, 3.05) is 37.6 Å². The van der Waals surface area contributed by atoms with E-state index >= 15 is 0 Å². The summed E-state index contributed by atoms with van der Waals surface area (Å²) in [7, 11) is 0. The van der Waals surface area contributed by atoms with E-state index in [9.17, 15) is 4.79 Å². The molecule has 1 aromatic carbocycles. The average Bonchev–Trinajstić information content (AvgIpc) is 3.37. The van der Waals surface area contributed by atoms with E-state index in [1.54, 1.807) is 16.0 Å². The third kappa shape index (κ3) is 2.74. The third-order valence-electron chi connectivity index (χ3n) is 5.23. The molecule has 1 amide bonds. The molecule has 0 aliphatic carbocycles. The van der Waals surface area contributed by atoms with E-state index in [2.05, 4.69) is 32.3 Å². The predicted molar refractivity (Wildman–Crippen MR) is 102 cm³/mol. The molecule has 9 heteroatoms. The highest BCUT2D eigenvalue weighted by Crippen LogP contribution is 2.33. The molecule has 2 saturated heterocycles. The van der Waals surface area contributed by atoms with Crippen molar-refractivity contribution < 1.29 is 4.79 Å². The van der Waals surface area contributed by atoms with Crippen LogP contribution in [0.15, 0.2) is 30.6 Å².